The second kappa shape index (κ2) is 4.60. The van der Waals surface area contributed by atoms with Crippen LogP contribution in [-0.4, -0.2) is 25.8 Å². The summed E-state index contributed by atoms with van der Waals surface area (Å²) in [6, 6.07) is 8.84. The minimum absolute atomic E-state index is 0.153. The molecule has 0 spiro atoms. The van der Waals surface area contributed by atoms with Gasteiger partial charge in [-0.25, -0.2) is 0 Å². The van der Waals surface area contributed by atoms with E-state index < -0.39 is 0 Å². The molecule has 0 radical (unpaired) electrons. The minimum Gasteiger partial charge on any atom is -0.379 e. The van der Waals surface area contributed by atoms with Crippen molar-refractivity contribution in [2.75, 3.05) is 19.8 Å². The smallest absolute Gasteiger partial charge is 0.0586 e. The number of benzene rings is 1. The Kier molecular flexibility index (Phi) is 3.12. The van der Waals surface area contributed by atoms with Gasteiger partial charge >= 0.3 is 0 Å². The summed E-state index contributed by atoms with van der Waals surface area (Å²) < 4.78 is 5.47. The average molecular weight is 252 g/mol. The molecule has 0 bridgehead atoms. The van der Waals surface area contributed by atoms with Crippen molar-refractivity contribution in [2.45, 2.75) is 30.7 Å². The molecule has 1 unspecified atom stereocenters. The van der Waals surface area contributed by atoms with Crippen molar-refractivity contribution >= 4 is 11.6 Å². The first kappa shape index (κ1) is 11.5. The zero-order chi connectivity index (χ0) is 11.7. The number of ether oxygens (including phenoxy) is 1. The molecule has 0 amide bonds. The van der Waals surface area contributed by atoms with Crippen LogP contribution >= 0.6 is 11.6 Å². The molecule has 3 heteroatoms. The molecule has 2 nitrogen and oxygen atoms in total. The van der Waals surface area contributed by atoms with E-state index in [0.717, 1.165) is 31.2 Å². The molecule has 3 rings (SSSR count). The van der Waals surface area contributed by atoms with Gasteiger partial charge in [0.2, 0.25) is 0 Å². The SMILES string of the molecule is Clc1ccccc1C1(CC2CCCN2)COC1. The Morgan fingerprint density at radius 2 is 2.18 bits per heavy atom. The van der Waals surface area contributed by atoms with Crippen molar-refractivity contribution < 1.29 is 4.74 Å². The van der Waals surface area contributed by atoms with E-state index in [0.29, 0.717) is 6.04 Å². The van der Waals surface area contributed by atoms with E-state index >= 15 is 0 Å². The van der Waals surface area contributed by atoms with E-state index in [-0.39, 0.29) is 5.41 Å². The molecule has 1 N–H and O–H groups in total. The Morgan fingerprint density at radius 1 is 1.35 bits per heavy atom. The summed E-state index contributed by atoms with van der Waals surface area (Å²) in [4.78, 5) is 0. The lowest BCUT2D eigenvalue weighted by Crippen LogP contribution is -2.50. The van der Waals surface area contributed by atoms with Gasteiger partial charge in [-0.15, -0.1) is 0 Å². The van der Waals surface area contributed by atoms with Crippen LogP contribution in [0.4, 0.5) is 0 Å². The highest BCUT2D eigenvalue weighted by Crippen LogP contribution is 2.41. The van der Waals surface area contributed by atoms with Crippen LogP contribution in [0, 0.1) is 0 Å². The zero-order valence-electron chi connectivity index (χ0n) is 9.92. The maximum atomic E-state index is 6.33. The quantitative estimate of drug-likeness (QED) is 0.892. The fourth-order valence-electron chi connectivity index (χ4n) is 3.03. The Bertz CT molecular complexity index is 397. The molecule has 1 aromatic carbocycles. The van der Waals surface area contributed by atoms with Gasteiger partial charge in [-0.05, 0) is 37.4 Å². The molecule has 17 heavy (non-hydrogen) atoms. The fraction of sp³-hybridized carbons (Fsp3) is 0.571. The van der Waals surface area contributed by atoms with Crippen LogP contribution in [0.3, 0.4) is 0 Å². The van der Waals surface area contributed by atoms with Crippen molar-refractivity contribution in [2.24, 2.45) is 0 Å². The molecular weight excluding hydrogens is 234 g/mol. The lowest BCUT2D eigenvalue weighted by atomic mass is 9.73. The highest BCUT2D eigenvalue weighted by Gasteiger charge is 2.43. The summed E-state index contributed by atoms with van der Waals surface area (Å²) >= 11 is 6.33. The molecule has 2 saturated heterocycles. The van der Waals surface area contributed by atoms with Crippen LogP contribution in [-0.2, 0) is 10.2 Å². The number of hydrogen-bond acceptors (Lipinski definition) is 2. The highest BCUT2D eigenvalue weighted by molar-refractivity contribution is 6.31. The summed E-state index contributed by atoms with van der Waals surface area (Å²) in [5.74, 6) is 0. The first-order chi connectivity index (χ1) is 8.30. The van der Waals surface area contributed by atoms with Gasteiger partial charge in [0.05, 0.1) is 13.2 Å². The molecule has 0 aromatic heterocycles. The van der Waals surface area contributed by atoms with Crippen LogP contribution in [0.5, 0.6) is 0 Å². The highest BCUT2D eigenvalue weighted by atomic mass is 35.5. The van der Waals surface area contributed by atoms with E-state index in [4.69, 9.17) is 16.3 Å². The van der Waals surface area contributed by atoms with E-state index in [1.54, 1.807) is 0 Å². The molecule has 2 heterocycles. The standard InChI is InChI=1S/C14H18ClNO/c15-13-6-2-1-5-12(13)14(9-17-10-14)8-11-4-3-7-16-11/h1-2,5-6,11,16H,3-4,7-10H2. The van der Waals surface area contributed by atoms with Crippen molar-refractivity contribution in [3.8, 4) is 0 Å². The maximum Gasteiger partial charge on any atom is 0.0586 e. The second-order valence-corrected chi connectivity index (χ2v) is 5.66. The van der Waals surface area contributed by atoms with Crippen molar-refractivity contribution in [3.63, 3.8) is 0 Å². The van der Waals surface area contributed by atoms with Crippen LogP contribution in [0.1, 0.15) is 24.8 Å². The van der Waals surface area contributed by atoms with Gasteiger partial charge in [-0.2, -0.15) is 0 Å². The van der Waals surface area contributed by atoms with Crippen LogP contribution in [0.25, 0.3) is 0 Å². The third-order valence-electron chi connectivity index (χ3n) is 4.00. The van der Waals surface area contributed by atoms with Gasteiger partial charge in [0.15, 0.2) is 0 Å². The van der Waals surface area contributed by atoms with Gasteiger partial charge in [-0.1, -0.05) is 29.8 Å². The van der Waals surface area contributed by atoms with Gasteiger partial charge in [-0.3, -0.25) is 0 Å². The molecule has 2 fully saturated rings. The first-order valence-corrected chi connectivity index (χ1v) is 6.74. The average Bonchev–Trinajstić information content (AvgIpc) is 2.77. The number of nitrogens with one attached hydrogen (secondary N) is 1. The molecular formula is C14H18ClNO. The second-order valence-electron chi connectivity index (χ2n) is 5.25. The summed E-state index contributed by atoms with van der Waals surface area (Å²) in [5.41, 5.74) is 1.42. The Balaban J connectivity index is 1.83. The lowest BCUT2D eigenvalue weighted by molar-refractivity contribution is -0.0678. The van der Waals surface area contributed by atoms with E-state index in [2.05, 4.69) is 17.4 Å². The maximum absolute atomic E-state index is 6.33. The summed E-state index contributed by atoms with van der Waals surface area (Å²) in [6.07, 6.45) is 3.73. The van der Waals surface area contributed by atoms with Crippen LogP contribution in [0.15, 0.2) is 24.3 Å². The van der Waals surface area contributed by atoms with E-state index in [1.165, 1.54) is 18.4 Å². The van der Waals surface area contributed by atoms with Gasteiger partial charge in [0.25, 0.3) is 0 Å². The normalized spacial score (nSPS) is 26.8. The van der Waals surface area contributed by atoms with Gasteiger partial charge in [0.1, 0.15) is 0 Å². The van der Waals surface area contributed by atoms with Crippen molar-refractivity contribution in [1.29, 1.82) is 0 Å². The molecule has 2 aliphatic heterocycles. The summed E-state index contributed by atoms with van der Waals surface area (Å²) in [7, 11) is 0. The van der Waals surface area contributed by atoms with Crippen molar-refractivity contribution in [1.82, 2.24) is 5.32 Å². The Hall–Kier alpha value is -0.570. The molecule has 92 valence electrons. The fourth-order valence-corrected chi connectivity index (χ4v) is 3.36. The number of rotatable bonds is 3. The first-order valence-electron chi connectivity index (χ1n) is 6.36. The van der Waals surface area contributed by atoms with Crippen LogP contribution < -0.4 is 5.32 Å². The zero-order valence-corrected chi connectivity index (χ0v) is 10.7. The largest absolute Gasteiger partial charge is 0.379 e. The summed E-state index contributed by atoms with van der Waals surface area (Å²) in [5, 5.41) is 4.45. The number of halogens is 1. The summed E-state index contributed by atoms with van der Waals surface area (Å²) in [6.45, 7) is 2.79. The predicted octanol–water partition coefficient (Wildman–Crippen LogP) is 2.75. The molecule has 0 aliphatic carbocycles. The predicted molar refractivity (Wildman–Crippen MR) is 69.6 cm³/mol. The molecule has 1 aromatic rings. The van der Waals surface area contributed by atoms with Crippen LogP contribution in [0.2, 0.25) is 5.02 Å². The van der Waals surface area contributed by atoms with Crippen molar-refractivity contribution in [3.05, 3.63) is 34.9 Å². The third kappa shape index (κ3) is 2.10. The Morgan fingerprint density at radius 3 is 2.76 bits per heavy atom. The molecule has 2 aliphatic rings. The van der Waals surface area contributed by atoms with Gasteiger partial charge < -0.3 is 10.1 Å². The monoisotopic (exact) mass is 251 g/mol. The van der Waals surface area contributed by atoms with E-state index in [9.17, 15) is 0 Å². The van der Waals surface area contributed by atoms with Gasteiger partial charge in [0, 0.05) is 16.5 Å². The number of hydrogen-bond donors (Lipinski definition) is 1. The topological polar surface area (TPSA) is 21.3 Å². The lowest BCUT2D eigenvalue weighted by Gasteiger charge is -2.44. The third-order valence-corrected chi connectivity index (χ3v) is 4.33. The minimum atomic E-state index is 0.153. The Labute approximate surface area is 107 Å². The van der Waals surface area contributed by atoms with E-state index in [1.807, 2.05) is 12.1 Å². The molecule has 0 saturated carbocycles. The molecule has 1 atom stereocenters.